The molecule has 0 aliphatic heterocycles. The molecule has 0 aromatic rings. The van der Waals surface area contributed by atoms with E-state index in [4.69, 9.17) is 0 Å². The Kier molecular flexibility index (Phi) is 10.0. The van der Waals surface area contributed by atoms with Gasteiger partial charge in [0, 0.05) is 18.6 Å². The lowest BCUT2D eigenvalue weighted by Gasteiger charge is -2.40. The van der Waals surface area contributed by atoms with Crippen LogP contribution in [0.25, 0.3) is 0 Å². The van der Waals surface area contributed by atoms with Crippen molar-refractivity contribution in [3.05, 3.63) is 0 Å². The Balaban J connectivity index is 2.51. The van der Waals surface area contributed by atoms with E-state index in [0.717, 1.165) is 24.4 Å². The molecule has 1 N–H and O–H groups in total. The van der Waals surface area contributed by atoms with Crippen LogP contribution in [-0.2, 0) is 0 Å². The van der Waals surface area contributed by atoms with Gasteiger partial charge in [-0.15, -0.1) is 0 Å². The first-order valence-electron chi connectivity index (χ1n) is 9.04. The minimum atomic E-state index is 0.714. The van der Waals surface area contributed by atoms with E-state index in [1.807, 2.05) is 11.8 Å². The van der Waals surface area contributed by atoms with Crippen LogP contribution in [-0.4, -0.2) is 49.1 Å². The van der Waals surface area contributed by atoms with Gasteiger partial charge in [0.05, 0.1) is 0 Å². The van der Waals surface area contributed by atoms with Crippen molar-refractivity contribution in [2.75, 3.05) is 32.1 Å². The predicted octanol–water partition coefficient (Wildman–Crippen LogP) is 4.25. The van der Waals surface area contributed by atoms with Gasteiger partial charge in [-0.2, -0.15) is 11.8 Å². The second-order valence-electron chi connectivity index (χ2n) is 6.96. The van der Waals surface area contributed by atoms with Gasteiger partial charge in [-0.3, -0.25) is 0 Å². The van der Waals surface area contributed by atoms with E-state index in [1.165, 1.54) is 50.8 Å². The maximum absolute atomic E-state index is 3.75. The highest BCUT2D eigenvalue weighted by Gasteiger charge is 2.30. The number of nitrogens with one attached hydrogen (secondary N) is 1. The second kappa shape index (κ2) is 10.9. The summed E-state index contributed by atoms with van der Waals surface area (Å²) in [6.45, 7) is 9.37. The van der Waals surface area contributed by atoms with Crippen molar-refractivity contribution >= 4 is 11.8 Å². The Morgan fingerprint density at radius 1 is 1.29 bits per heavy atom. The molecule has 4 unspecified atom stereocenters. The third-order valence-corrected chi connectivity index (χ3v) is 5.91. The third-order valence-electron chi connectivity index (χ3n) is 5.27. The summed E-state index contributed by atoms with van der Waals surface area (Å²) in [5.41, 5.74) is 0. The van der Waals surface area contributed by atoms with Crippen molar-refractivity contribution in [1.29, 1.82) is 0 Å². The largest absolute Gasteiger partial charge is 0.314 e. The standard InChI is InChI=1S/C18H38N2S/c1-6-8-16-9-10-18(19-7-2)17(13-16)14-20(4)15(3)11-12-21-5/h15-19H,6-14H2,1-5H3. The van der Waals surface area contributed by atoms with Crippen LogP contribution >= 0.6 is 11.8 Å². The molecule has 0 amide bonds. The molecule has 2 nitrogen and oxygen atoms in total. The summed E-state index contributed by atoms with van der Waals surface area (Å²) in [5.74, 6) is 3.10. The highest BCUT2D eigenvalue weighted by atomic mass is 32.2. The minimum absolute atomic E-state index is 0.714. The molecule has 3 heteroatoms. The van der Waals surface area contributed by atoms with Crippen molar-refractivity contribution < 1.29 is 0 Å². The summed E-state index contributed by atoms with van der Waals surface area (Å²) in [7, 11) is 2.33. The number of thioether (sulfide) groups is 1. The summed E-state index contributed by atoms with van der Waals surface area (Å²) >= 11 is 1.97. The summed E-state index contributed by atoms with van der Waals surface area (Å²) in [6.07, 6.45) is 10.6. The van der Waals surface area contributed by atoms with Gasteiger partial charge in [0.1, 0.15) is 0 Å². The van der Waals surface area contributed by atoms with Crippen molar-refractivity contribution in [1.82, 2.24) is 10.2 Å². The summed E-state index contributed by atoms with van der Waals surface area (Å²) < 4.78 is 0. The Hall–Kier alpha value is 0.270. The van der Waals surface area contributed by atoms with Gasteiger partial charge in [0.15, 0.2) is 0 Å². The van der Waals surface area contributed by atoms with Gasteiger partial charge in [-0.1, -0.05) is 26.7 Å². The second-order valence-corrected chi connectivity index (χ2v) is 7.95. The highest BCUT2D eigenvalue weighted by Crippen LogP contribution is 2.33. The Morgan fingerprint density at radius 2 is 2.05 bits per heavy atom. The molecule has 0 heterocycles. The fourth-order valence-electron chi connectivity index (χ4n) is 3.82. The van der Waals surface area contributed by atoms with Gasteiger partial charge in [0.2, 0.25) is 0 Å². The van der Waals surface area contributed by atoms with Crippen LogP contribution in [0.3, 0.4) is 0 Å². The van der Waals surface area contributed by atoms with E-state index in [2.05, 4.69) is 44.3 Å². The first kappa shape index (κ1) is 19.3. The van der Waals surface area contributed by atoms with Crippen molar-refractivity contribution in [2.45, 2.75) is 71.4 Å². The minimum Gasteiger partial charge on any atom is -0.314 e. The molecule has 0 saturated heterocycles. The van der Waals surface area contributed by atoms with Crippen LogP contribution < -0.4 is 5.32 Å². The molecule has 1 aliphatic rings. The molecule has 0 spiro atoms. The monoisotopic (exact) mass is 314 g/mol. The van der Waals surface area contributed by atoms with Gasteiger partial charge in [-0.05, 0) is 70.0 Å². The maximum atomic E-state index is 3.75. The lowest BCUT2D eigenvalue weighted by molar-refractivity contribution is 0.130. The Morgan fingerprint density at radius 3 is 2.67 bits per heavy atom. The summed E-state index contributed by atoms with van der Waals surface area (Å²) in [6, 6.07) is 1.46. The number of nitrogens with zero attached hydrogens (tertiary/aromatic N) is 1. The fourth-order valence-corrected chi connectivity index (χ4v) is 4.40. The molecule has 126 valence electrons. The lowest BCUT2D eigenvalue weighted by atomic mass is 9.76. The molecule has 1 saturated carbocycles. The molecule has 0 aromatic heterocycles. The van der Waals surface area contributed by atoms with Gasteiger partial charge < -0.3 is 10.2 Å². The smallest absolute Gasteiger partial charge is 0.0108 e. The summed E-state index contributed by atoms with van der Waals surface area (Å²) in [4.78, 5) is 2.61. The molecule has 0 bridgehead atoms. The maximum Gasteiger partial charge on any atom is 0.0108 e. The Bertz CT molecular complexity index is 260. The van der Waals surface area contributed by atoms with E-state index in [1.54, 1.807) is 0 Å². The van der Waals surface area contributed by atoms with Crippen molar-refractivity contribution in [3.63, 3.8) is 0 Å². The first-order chi connectivity index (χ1) is 10.1. The topological polar surface area (TPSA) is 15.3 Å². The van der Waals surface area contributed by atoms with E-state index in [0.29, 0.717) is 6.04 Å². The van der Waals surface area contributed by atoms with E-state index < -0.39 is 0 Å². The zero-order valence-electron chi connectivity index (χ0n) is 15.0. The van der Waals surface area contributed by atoms with Crippen LogP contribution in [0.1, 0.15) is 59.3 Å². The van der Waals surface area contributed by atoms with E-state index in [-0.39, 0.29) is 0 Å². The highest BCUT2D eigenvalue weighted by molar-refractivity contribution is 7.98. The molecular weight excluding hydrogens is 276 g/mol. The van der Waals surface area contributed by atoms with Gasteiger partial charge in [-0.25, -0.2) is 0 Å². The lowest BCUT2D eigenvalue weighted by Crippen LogP contribution is -2.46. The predicted molar refractivity (Wildman–Crippen MR) is 98.3 cm³/mol. The average Bonchev–Trinajstić information content (AvgIpc) is 2.47. The van der Waals surface area contributed by atoms with Crippen LogP contribution in [0.4, 0.5) is 0 Å². The SMILES string of the molecule is CCCC1CCC(NCC)C(CN(C)C(C)CCSC)C1. The van der Waals surface area contributed by atoms with Crippen molar-refractivity contribution in [3.8, 4) is 0 Å². The van der Waals surface area contributed by atoms with Gasteiger partial charge >= 0.3 is 0 Å². The molecule has 1 aliphatic carbocycles. The van der Waals surface area contributed by atoms with Crippen LogP contribution in [0.15, 0.2) is 0 Å². The Labute approximate surface area is 137 Å². The molecule has 1 fully saturated rings. The zero-order chi connectivity index (χ0) is 15.7. The summed E-state index contributed by atoms with van der Waals surface area (Å²) in [5, 5.41) is 3.75. The molecule has 4 atom stereocenters. The number of hydrogen-bond donors (Lipinski definition) is 1. The fraction of sp³-hybridized carbons (Fsp3) is 1.00. The first-order valence-corrected chi connectivity index (χ1v) is 10.4. The van der Waals surface area contributed by atoms with E-state index in [9.17, 15) is 0 Å². The molecule has 0 aromatic carbocycles. The molecule has 21 heavy (non-hydrogen) atoms. The quantitative estimate of drug-likeness (QED) is 0.649. The van der Waals surface area contributed by atoms with Crippen LogP contribution in [0.5, 0.6) is 0 Å². The van der Waals surface area contributed by atoms with Crippen LogP contribution in [0.2, 0.25) is 0 Å². The molecular formula is C18H38N2S. The third kappa shape index (κ3) is 6.92. The average molecular weight is 315 g/mol. The zero-order valence-corrected chi connectivity index (χ0v) is 15.8. The van der Waals surface area contributed by atoms with Crippen molar-refractivity contribution in [2.24, 2.45) is 11.8 Å². The van der Waals surface area contributed by atoms with Crippen LogP contribution in [0, 0.1) is 11.8 Å². The normalized spacial score (nSPS) is 28.0. The van der Waals surface area contributed by atoms with E-state index >= 15 is 0 Å². The molecule has 0 radical (unpaired) electrons. The number of rotatable bonds is 10. The number of hydrogen-bond acceptors (Lipinski definition) is 3. The molecule has 1 rings (SSSR count). The van der Waals surface area contributed by atoms with Gasteiger partial charge in [0.25, 0.3) is 0 Å².